The molecule has 2 aliphatic carbocycles. The predicted molar refractivity (Wildman–Crippen MR) is 88.5 cm³/mol. The van der Waals surface area contributed by atoms with Crippen molar-refractivity contribution in [3.8, 4) is 0 Å². The summed E-state index contributed by atoms with van der Waals surface area (Å²) in [5.74, 6) is 5.70. The Morgan fingerprint density at radius 2 is 0.864 bits per heavy atom. The lowest BCUT2D eigenvalue weighted by Gasteiger charge is -2.51. The molecule has 2 nitrogen and oxygen atoms in total. The van der Waals surface area contributed by atoms with E-state index in [0.29, 0.717) is 35.9 Å². The summed E-state index contributed by atoms with van der Waals surface area (Å²) in [6.07, 6.45) is 1.00. The van der Waals surface area contributed by atoms with Crippen molar-refractivity contribution in [1.29, 1.82) is 0 Å². The second-order valence-electron chi connectivity index (χ2n) is 9.61. The van der Waals surface area contributed by atoms with Crippen LogP contribution in [0.25, 0.3) is 0 Å². The van der Waals surface area contributed by atoms with Crippen molar-refractivity contribution in [2.75, 3.05) is 0 Å². The smallest absolute Gasteiger partial charge is 0.0951 e. The van der Waals surface area contributed by atoms with Gasteiger partial charge in [-0.1, -0.05) is 41.5 Å². The Hall–Kier alpha value is -0.0800. The van der Waals surface area contributed by atoms with Crippen molar-refractivity contribution >= 4 is 0 Å². The predicted octanol–water partition coefficient (Wildman–Crippen LogP) is 4.38. The Morgan fingerprint density at radius 1 is 0.545 bits per heavy atom. The molecule has 126 valence electrons. The fraction of sp³-hybridized carbons (Fsp3) is 1.00. The third kappa shape index (κ3) is 1.64. The van der Waals surface area contributed by atoms with Crippen molar-refractivity contribution in [3.05, 3.63) is 0 Å². The SMILES string of the molecule is CC1C(C)C2OC2(C)C(C)C1C1C(C)C(C)C2OC2(C)C1C. The molecule has 2 aliphatic heterocycles. The highest BCUT2D eigenvalue weighted by atomic mass is 16.6. The fourth-order valence-corrected chi connectivity index (χ4v) is 6.77. The molecule has 0 radical (unpaired) electrons. The molecule has 2 heterocycles. The van der Waals surface area contributed by atoms with Gasteiger partial charge in [-0.05, 0) is 61.2 Å². The molecule has 12 atom stereocenters. The van der Waals surface area contributed by atoms with E-state index in [9.17, 15) is 0 Å². The monoisotopic (exact) mass is 306 g/mol. The van der Waals surface area contributed by atoms with Gasteiger partial charge in [-0.3, -0.25) is 0 Å². The Kier molecular flexibility index (Phi) is 3.02. The van der Waals surface area contributed by atoms with Crippen LogP contribution in [-0.4, -0.2) is 23.4 Å². The zero-order valence-electron chi connectivity index (χ0n) is 15.6. The van der Waals surface area contributed by atoms with E-state index in [2.05, 4.69) is 55.4 Å². The Morgan fingerprint density at radius 3 is 1.18 bits per heavy atom. The van der Waals surface area contributed by atoms with Gasteiger partial charge in [-0.25, -0.2) is 0 Å². The van der Waals surface area contributed by atoms with E-state index < -0.39 is 0 Å². The van der Waals surface area contributed by atoms with Crippen molar-refractivity contribution in [3.63, 3.8) is 0 Å². The number of hydrogen-bond acceptors (Lipinski definition) is 2. The van der Waals surface area contributed by atoms with Gasteiger partial charge in [0.2, 0.25) is 0 Å². The summed E-state index contributed by atoms with van der Waals surface area (Å²) < 4.78 is 12.4. The first-order valence-corrected chi connectivity index (χ1v) is 9.50. The highest BCUT2D eigenvalue weighted by Gasteiger charge is 2.71. The van der Waals surface area contributed by atoms with Gasteiger partial charge in [-0.2, -0.15) is 0 Å². The van der Waals surface area contributed by atoms with Gasteiger partial charge >= 0.3 is 0 Å². The first-order chi connectivity index (χ1) is 10.1. The quantitative estimate of drug-likeness (QED) is 0.672. The summed E-state index contributed by atoms with van der Waals surface area (Å²) in [7, 11) is 0. The Balaban J connectivity index is 1.69. The van der Waals surface area contributed by atoms with Crippen LogP contribution >= 0.6 is 0 Å². The summed E-state index contributed by atoms with van der Waals surface area (Å²) in [6, 6.07) is 0. The van der Waals surface area contributed by atoms with Crippen molar-refractivity contribution in [2.24, 2.45) is 47.3 Å². The van der Waals surface area contributed by atoms with Gasteiger partial charge in [0.25, 0.3) is 0 Å². The fourth-order valence-electron chi connectivity index (χ4n) is 6.77. The number of hydrogen-bond donors (Lipinski definition) is 0. The van der Waals surface area contributed by atoms with Crippen LogP contribution in [0.4, 0.5) is 0 Å². The molecule has 0 aromatic rings. The van der Waals surface area contributed by atoms with Crippen LogP contribution in [0.2, 0.25) is 0 Å². The van der Waals surface area contributed by atoms with Crippen LogP contribution in [-0.2, 0) is 9.47 Å². The molecular weight excluding hydrogens is 272 g/mol. The number of epoxide rings is 2. The maximum Gasteiger partial charge on any atom is 0.0951 e. The lowest BCUT2D eigenvalue weighted by molar-refractivity contribution is -0.0259. The third-order valence-electron chi connectivity index (χ3n) is 9.01. The average molecular weight is 306 g/mol. The Bertz CT molecular complexity index is 446. The molecule has 22 heavy (non-hydrogen) atoms. The summed E-state index contributed by atoms with van der Waals surface area (Å²) in [5.41, 5.74) is 0.281. The van der Waals surface area contributed by atoms with Gasteiger partial charge in [0.15, 0.2) is 0 Å². The average Bonchev–Trinajstić information content (AvgIpc) is 3.35. The molecule has 4 aliphatic rings. The highest BCUT2D eigenvalue weighted by molar-refractivity contribution is 5.18. The zero-order chi connectivity index (χ0) is 16.2. The largest absolute Gasteiger partial charge is 0.366 e. The van der Waals surface area contributed by atoms with Crippen LogP contribution < -0.4 is 0 Å². The molecular formula is C20H34O2. The second-order valence-corrected chi connectivity index (χ2v) is 9.61. The highest BCUT2D eigenvalue weighted by Crippen LogP contribution is 2.65. The maximum atomic E-state index is 6.21. The van der Waals surface area contributed by atoms with Crippen molar-refractivity contribution < 1.29 is 9.47 Å². The van der Waals surface area contributed by atoms with E-state index in [4.69, 9.17) is 9.47 Å². The lowest BCUT2D eigenvalue weighted by atomic mass is 9.51. The van der Waals surface area contributed by atoms with Crippen LogP contribution in [0.15, 0.2) is 0 Å². The van der Waals surface area contributed by atoms with E-state index in [-0.39, 0.29) is 11.2 Å². The second kappa shape index (κ2) is 4.30. The van der Waals surface area contributed by atoms with E-state index >= 15 is 0 Å². The summed E-state index contributed by atoms with van der Waals surface area (Å²) in [5, 5.41) is 0. The molecule has 0 amide bonds. The summed E-state index contributed by atoms with van der Waals surface area (Å²) in [6.45, 7) is 19.4. The van der Waals surface area contributed by atoms with E-state index in [1.54, 1.807) is 0 Å². The molecule has 0 bridgehead atoms. The molecule has 0 spiro atoms. The first-order valence-electron chi connectivity index (χ1n) is 9.50. The summed E-state index contributed by atoms with van der Waals surface area (Å²) >= 11 is 0. The van der Waals surface area contributed by atoms with Crippen LogP contribution in [0.1, 0.15) is 55.4 Å². The molecule has 4 rings (SSSR count). The number of ether oxygens (including phenoxy) is 2. The van der Waals surface area contributed by atoms with Crippen molar-refractivity contribution in [2.45, 2.75) is 78.8 Å². The van der Waals surface area contributed by atoms with Crippen LogP contribution in [0, 0.1) is 47.3 Å². The zero-order valence-corrected chi connectivity index (χ0v) is 15.6. The minimum Gasteiger partial charge on any atom is -0.366 e. The van der Waals surface area contributed by atoms with Crippen LogP contribution in [0.3, 0.4) is 0 Å². The molecule has 4 fully saturated rings. The number of rotatable bonds is 1. The number of fused-ring (bicyclic) bond motifs is 2. The summed E-state index contributed by atoms with van der Waals surface area (Å²) in [4.78, 5) is 0. The molecule has 2 saturated heterocycles. The van der Waals surface area contributed by atoms with Crippen molar-refractivity contribution in [1.82, 2.24) is 0 Å². The van der Waals surface area contributed by atoms with Gasteiger partial charge in [0.05, 0.1) is 23.4 Å². The maximum absolute atomic E-state index is 6.21. The van der Waals surface area contributed by atoms with Gasteiger partial charge in [0.1, 0.15) is 0 Å². The van der Waals surface area contributed by atoms with Gasteiger partial charge in [0, 0.05) is 0 Å². The standard InChI is InChI=1S/C20H34O2/c1-9-11(3)17-19(7,21-17)13(5)15(9)16-10(2)12(4)18-20(8,22-18)14(16)6/h9-18H,1-8H3. The lowest BCUT2D eigenvalue weighted by Crippen LogP contribution is -2.53. The third-order valence-corrected chi connectivity index (χ3v) is 9.01. The molecule has 0 aromatic carbocycles. The van der Waals surface area contributed by atoms with E-state index in [1.807, 2.05) is 0 Å². The van der Waals surface area contributed by atoms with Gasteiger partial charge in [-0.15, -0.1) is 0 Å². The van der Waals surface area contributed by atoms with E-state index in [1.165, 1.54) is 0 Å². The van der Waals surface area contributed by atoms with E-state index in [0.717, 1.165) is 23.7 Å². The molecule has 2 saturated carbocycles. The molecule has 12 unspecified atom stereocenters. The first kappa shape index (κ1) is 15.4. The van der Waals surface area contributed by atoms with Crippen LogP contribution in [0.5, 0.6) is 0 Å². The van der Waals surface area contributed by atoms with Gasteiger partial charge < -0.3 is 9.47 Å². The molecule has 0 N–H and O–H groups in total. The molecule has 2 heteroatoms. The minimum absolute atomic E-state index is 0.140. The normalized spacial score (nSPS) is 69.8. The Labute approximate surface area is 136 Å². The molecule has 0 aromatic heterocycles. The topological polar surface area (TPSA) is 25.1 Å². The minimum atomic E-state index is 0.140.